The number of allylic oxidation sites excluding steroid dienone is 4. The molecule has 4 rings (SSSR count). The quantitative estimate of drug-likeness (QED) is 0.642. The lowest BCUT2D eigenvalue weighted by Gasteiger charge is -2.61. The highest BCUT2D eigenvalue weighted by Crippen LogP contribution is 2.69. The lowest BCUT2D eigenvalue weighted by Crippen LogP contribution is -2.62. The van der Waals surface area contributed by atoms with Crippen molar-refractivity contribution in [3.63, 3.8) is 0 Å². The van der Waals surface area contributed by atoms with E-state index in [4.69, 9.17) is 4.43 Å². The van der Waals surface area contributed by atoms with Crippen molar-refractivity contribution in [2.45, 2.75) is 71.4 Å². The number of carbonyl (C=O) groups excluding carboxylic acids is 2. The Bertz CT molecular complexity index is 953. The van der Waals surface area contributed by atoms with Crippen molar-refractivity contribution in [1.82, 2.24) is 0 Å². The molecule has 0 radical (unpaired) electrons. The zero-order valence-corrected chi connectivity index (χ0v) is 20.7. The van der Waals surface area contributed by atoms with Gasteiger partial charge in [0.05, 0.1) is 0 Å². The Morgan fingerprint density at radius 2 is 1.90 bits per heavy atom. The van der Waals surface area contributed by atoms with Crippen molar-refractivity contribution in [2.75, 3.05) is 0 Å². The SMILES string of the molecule is C=C1C(=C)[C@](O)(C(C)=O)[C@@]2(C)CC(O[Si](C)(C)C)[C@H]3[C@@H](CCC4=CC(=O)C=C[C@@]43C)[C@H]12. The van der Waals surface area contributed by atoms with Gasteiger partial charge in [-0.15, -0.1) is 0 Å². The molecule has 0 amide bonds. The number of carbonyl (C=O) groups is 2. The molecule has 168 valence electrons. The molecule has 4 nitrogen and oxygen atoms in total. The van der Waals surface area contributed by atoms with Gasteiger partial charge in [0.15, 0.2) is 25.5 Å². The maximum Gasteiger partial charge on any atom is 0.184 e. The second-order valence-electron chi connectivity index (χ2n) is 11.6. The molecule has 1 unspecified atom stereocenters. The number of hydrogen-bond donors (Lipinski definition) is 1. The first-order valence-corrected chi connectivity index (χ1v) is 14.8. The normalized spacial score (nSPS) is 44.5. The van der Waals surface area contributed by atoms with Crippen molar-refractivity contribution in [1.29, 1.82) is 0 Å². The summed E-state index contributed by atoms with van der Waals surface area (Å²) >= 11 is 0. The summed E-state index contributed by atoms with van der Waals surface area (Å²) < 4.78 is 6.82. The second kappa shape index (κ2) is 6.72. The Labute approximate surface area is 187 Å². The standard InChI is InChI=1S/C26H36O4Si/c1-15-16(2)26(29,17(3)27)25(5)14-21(30-31(6,7)8)23-20(22(15)25)10-9-18-13-19(28)11-12-24(18,23)4/h11-13,20-23,29H,1-2,9-10,14H2,3-8H3/t20-,21?,22-,23+,24-,25-,26-/m0/s1. The fourth-order valence-electron chi connectivity index (χ4n) is 7.50. The zero-order chi connectivity index (χ0) is 23.1. The summed E-state index contributed by atoms with van der Waals surface area (Å²) in [5.74, 6) is 0.0986. The molecule has 0 spiro atoms. The van der Waals surface area contributed by atoms with Crippen LogP contribution < -0.4 is 0 Å². The van der Waals surface area contributed by atoms with Gasteiger partial charge in [-0.05, 0) is 86.9 Å². The number of fused-ring (bicyclic) bond motifs is 5. The van der Waals surface area contributed by atoms with E-state index in [9.17, 15) is 14.7 Å². The molecule has 5 heteroatoms. The minimum atomic E-state index is -1.93. The van der Waals surface area contributed by atoms with Gasteiger partial charge in [-0.1, -0.05) is 38.7 Å². The van der Waals surface area contributed by atoms with E-state index in [-0.39, 0.29) is 40.8 Å². The second-order valence-corrected chi connectivity index (χ2v) is 16.0. The van der Waals surface area contributed by atoms with Crippen molar-refractivity contribution in [3.05, 3.63) is 48.1 Å². The number of aliphatic hydroxyl groups is 1. The molecule has 0 aromatic heterocycles. The fraction of sp³-hybridized carbons (Fsp3) is 0.615. The number of ketones is 2. The first-order valence-electron chi connectivity index (χ1n) is 11.4. The van der Waals surface area contributed by atoms with Crippen LogP contribution in [0.2, 0.25) is 19.6 Å². The summed E-state index contributed by atoms with van der Waals surface area (Å²) in [7, 11) is -1.93. The van der Waals surface area contributed by atoms with Gasteiger partial charge in [0.1, 0.15) is 0 Å². The molecule has 0 saturated heterocycles. The first kappa shape index (κ1) is 22.6. The van der Waals surface area contributed by atoms with Crippen molar-refractivity contribution < 1.29 is 19.1 Å². The molecule has 0 aromatic carbocycles. The minimum absolute atomic E-state index is 0.0372. The maximum atomic E-state index is 12.8. The average Bonchev–Trinajstić information content (AvgIpc) is 2.79. The fourth-order valence-corrected chi connectivity index (χ4v) is 8.63. The van der Waals surface area contributed by atoms with Crippen LogP contribution in [0.3, 0.4) is 0 Å². The molecule has 3 fully saturated rings. The Hall–Kier alpha value is -1.56. The molecule has 3 saturated carbocycles. The van der Waals surface area contributed by atoms with Gasteiger partial charge in [-0.25, -0.2) is 0 Å². The Morgan fingerprint density at radius 3 is 2.48 bits per heavy atom. The molecule has 4 aliphatic rings. The van der Waals surface area contributed by atoms with Crippen molar-refractivity contribution >= 4 is 19.9 Å². The van der Waals surface area contributed by atoms with E-state index in [1.54, 1.807) is 6.08 Å². The summed E-state index contributed by atoms with van der Waals surface area (Å²) in [6.07, 6.45) is 7.76. The lowest BCUT2D eigenvalue weighted by molar-refractivity contribution is -0.165. The predicted molar refractivity (Wildman–Crippen MR) is 125 cm³/mol. The highest BCUT2D eigenvalue weighted by Gasteiger charge is 2.70. The molecule has 0 heterocycles. The lowest BCUT2D eigenvalue weighted by atomic mass is 9.46. The third kappa shape index (κ3) is 2.92. The van der Waals surface area contributed by atoms with Crippen LogP contribution >= 0.6 is 0 Å². The first-order chi connectivity index (χ1) is 14.2. The summed E-state index contributed by atoms with van der Waals surface area (Å²) in [6.45, 7) is 20.8. The van der Waals surface area contributed by atoms with E-state index in [0.717, 1.165) is 18.4 Å². The average molecular weight is 441 g/mol. The van der Waals surface area contributed by atoms with E-state index < -0.39 is 19.3 Å². The van der Waals surface area contributed by atoms with Crippen molar-refractivity contribution in [3.8, 4) is 0 Å². The molecule has 31 heavy (non-hydrogen) atoms. The van der Waals surface area contributed by atoms with Crippen LogP contribution in [0.1, 0.15) is 40.0 Å². The third-order valence-corrected chi connectivity index (χ3v) is 9.69. The van der Waals surface area contributed by atoms with Gasteiger partial charge in [0, 0.05) is 16.9 Å². The van der Waals surface area contributed by atoms with E-state index >= 15 is 0 Å². The summed E-state index contributed by atoms with van der Waals surface area (Å²) in [5.41, 5.74) is -0.130. The van der Waals surface area contributed by atoms with Gasteiger partial charge in [0.2, 0.25) is 0 Å². The molecule has 7 atom stereocenters. The molecular weight excluding hydrogens is 404 g/mol. The van der Waals surface area contributed by atoms with E-state index in [0.29, 0.717) is 12.0 Å². The third-order valence-electron chi connectivity index (χ3n) is 8.68. The van der Waals surface area contributed by atoms with Crippen LogP contribution in [0, 0.1) is 28.6 Å². The Kier molecular flexibility index (Phi) is 4.91. The van der Waals surface area contributed by atoms with Gasteiger partial charge in [-0.3, -0.25) is 9.59 Å². The van der Waals surface area contributed by atoms with Crippen LogP contribution in [-0.4, -0.2) is 36.7 Å². The van der Waals surface area contributed by atoms with Gasteiger partial charge >= 0.3 is 0 Å². The van der Waals surface area contributed by atoms with Crippen LogP contribution in [0.25, 0.3) is 0 Å². The highest BCUT2D eigenvalue weighted by atomic mass is 28.4. The predicted octanol–water partition coefficient (Wildman–Crippen LogP) is 4.78. The minimum Gasteiger partial charge on any atom is -0.414 e. The molecule has 4 aliphatic carbocycles. The van der Waals surface area contributed by atoms with Crippen LogP contribution in [0.4, 0.5) is 0 Å². The van der Waals surface area contributed by atoms with Crippen LogP contribution in [0.5, 0.6) is 0 Å². The number of Topliss-reactive ketones (excluding diaryl/α,β-unsaturated/α-hetero) is 1. The van der Waals surface area contributed by atoms with Crippen LogP contribution in [-0.2, 0) is 14.0 Å². The zero-order valence-electron chi connectivity index (χ0n) is 19.7. The maximum absolute atomic E-state index is 12.8. The largest absolute Gasteiger partial charge is 0.414 e. The molecule has 0 bridgehead atoms. The molecular formula is C26H36O4Si. The summed E-state index contributed by atoms with van der Waals surface area (Å²) in [6, 6.07) is 0. The molecule has 0 aromatic rings. The molecule has 0 aliphatic heterocycles. The Morgan fingerprint density at radius 1 is 1.26 bits per heavy atom. The van der Waals surface area contributed by atoms with E-state index in [1.807, 2.05) is 13.0 Å². The van der Waals surface area contributed by atoms with Gasteiger partial charge in [-0.2, -0.15) is 0 Å². The van der Waals surface area contributed by atoms with Crippen LogP contribution in [0.15, 0.2) is 48.1 Å². The van der Waals surface area contributed by atoms with E-state index in [1.165, 1.54) is 12.5 Å². The summed E-state index contributed by atoms with van der Waals surface area (Å²) in [5, 5.41) is 11.8. The van der Waals surface area contributed by atoms with E-state index in [2.05, 4.69) is 45.8 Å². The highest BCUT2D eigenvalue weighted by molar-refractivity contribution is 6.69. The van der Waals surface area contributed by atoms with Crippen molar-refractivity contribution in [2.24, 2.45) is 28.6 Å². The topological polar surface area (TPSA) is 63.6 Å². The molecule has 1 N–H and O–H groups in total. The number of rotatable bonds is 3. The smallest absolute Gasteiger partial charge is 0.184 e. The summed E-state index contributed by atoms with van der Waals surface area (Å²) in [4.78, 5) is 25.0. The van der Waals surface area contributed by atoms with Gasteiger partial charge < -0.3 is 9.53 Å². The Balaban J connectivity index is 1.90. The monoisotopic (exact) mass is 440 g/mol. The van der Waals surface area contributed by atoms with Gasteiger partial charge in [0.25, 0.3) is 0 Å². The number of hydrogen-bond acceptors (Lipinski definition) is 4.